The maximum atomic E-state index is 12.9. The molecule has 0 spiro atoms. The fraction of sp³-hybridized carbons (Fsp3) is 0.200. The van der Waals surface area contributed by atoms with Crippen LogP contribution in [0.2, 0.25) is 0 Å². The van der Waals surface area contributed by atoms with Crippen molar-refractivity contribution in [3.8, 4) is 11.5 Å². The maximum absolute atomic E-state index is 12.9. The Morgan fingerprint density at radius 3 is 2.42 bits per heavy atom. The lowest BCUT2D eigenvalue weighted by molar-refractivity contribution is 0.406. The highest BCUT2D eigenvalue weighted by atomic mass is 19.1. The van der Waals surface area contributed by atoms with Gasteiger partial charge in [-0.05, 0) is 36.4 Å². The topological polar surface area (TPSA) is 32.7 Å². The lowest BCUT2D eigenvalue weighted by Crippen LogP contribution is -2.16. The minimum atomic E-state index is -0.260. The van der Waals surface area contributed by atoms with Crippen LogP contribution in [0.4, 0.5) is 10.1 Å². The Hall–Kier alpha value is -2.23. The van der Waals surface area contributed by atoms with Crippen LogP contribution in [0.1, 0.15) is 5.56 Å². The number of anilines is 1. The molecule has 4 heteroatoms. The van der Waals surface area contributed by atoms with Crippen LogP contribution in [0, 0.1) is 5.82 Å². The number of halogens is 1. The van der Waals surface area contributed by atoms with Crippen molar-refractivity contribution in [3.05, 3.63) is 53.8 Å². The molecule has 0 aliphatic carbocycles. The Bertz CT molecular complexity index is 555. The fourth-order valence-corrected chi connectivity index (χ4v) is 1.85. The number of rotatable bonds is 4. The molecule has 0 aliphatic heterocycles. The minimum Gasteiger partial charge on any atom is -0.507 e. The van der Waals surface area contributed by atoms with E-state index in [9.17, 15) is 9.50 Å². The molecule has 2 aromatic carbocycles. The van der Waals surface area contributed by atoms with E-state index < -0.39 is 0 Å². The molecule has 0 unspecified atom stereocenters. The van der Waals surface area contributed by atoms with Crippen molar-refractivity contribution >= 4 is 5.69 Å². The molecule has 1 N–H and O–H groups in total. The predicted octanol–water partition coefficient (Wildman–Crippen LogP) is 3.18. The second-order valence-corrected chi connectivity index (χ2v) is 4.33. The normalized spacial score (nSPS) is 10.3. The van der Waals surface area contributed by atoms with Gasteiger partial charge in [-0.15, -0.1) is 0 Å². The Labute approximate surface area is 111 Å². The zero-order chi connectivity index (χ0) is 13.8. The molecule has 0 aliphatic rings. The predicted molar refractivity (Wildman–Crippen MR) is 73.2 cm³/mol. The van der Waals surface area contributed by atoms with Crippen LogP contribution in [0.3, 0.4) is 0 Å². The molecule has 100 valence electrons. The first-order chi connectivity index (χ1) is 9.10. The van der Waals surface area contributed by atoms with Crippen LogP contribution >= 0.6 is 0 Å². The van der Waals surface area contributed by atoms with Crippen molar-refractivity contribution < 1.29 is 14.2 Å². The van der Waals surface area contributed by atoms with Crippen LogP contribution in [-0.2, 0) is 6.54 Å². The molecule has 0 atom stereocenters. The summed E-state index contributed by atoms with van der Waals surface area (Å²) >= 11 is 0. The third-order valence-corrected chi connectivity index (χ3v) is 2.97. The van der Waals surface area contributed by atoms with E-state index in [1.165, 1.54) is 12.1 Å². The standard InChI is InChI=1S/C15H16FNO2/c1-17(13-6-4-12(16)5-7-13)10-11-3-8-14(19-2)9-15(11)18/h3-9,18H,10H2,1-2H3. The summed E-state index contributed by atoms with van der Waals surface area (Å²) in [4.78, 5) is 1.93. The van der Waals surface area contributed by atoms with Crippen molar-refractivity contribution in [2.24, 2.45) is 0 Å². The van der Waals surface area contributed by atoms with Crippen LogP contribution in [0.15, 0.2) is 42.5 Å². The molecular weight excluding hydrogens is 245 g/mol. The average molecular weight is 261 g/mol. The summed E-state index contributed by atoms with van der Waals surface area (Å²) in [5.74, 6) is 0.545. The molecule has 0 heterocycles. The summed E-state index contributed by atoms with van der Waals surface area (Å²) in [7, 11) is 3.44. The average Bonchev–Trinajstić information content (AvgIpc) is 2.41. The number of phenolic OH excluding ortho intramolecular Hbond substituents is 1. The summed E-state index contributed by atoms with van der Waals surface area (Å²) < 4.78 is 17.9. The van der Waals surface area contributed by atoms with Crippen molar-refractivity contribution in [2.45, 2.75) is 6.54 Å². The van der Waals surface area contributed by atoms with Gasteiger partial charge in [-0.1, -0.05) is 0 Å². The number of hydrogen-bond donors (Lipinski definition) is 1. The highest BCUT2D eigenvalue weighted by Crippen LogP contribution is 2.25. The second kappa shape index (κ2) is 5.61. The molecule has 19 heavy (non-hydrogen) atoms. The lowest BCUT2D eigenvalue weighted by atomic mass is 10.1. The molecule has 0 aromatic heterocycles. The Morgan fingerprint density at radius 1 is 1.16 bits per heavy atom. The molecule has 0 bridgehead atoms. The number of aromatic hydroxyl groups is 1. The third-order valence-electron chi connectivity index (χ3n) is 2.97. The van der Waals surface area contributed by atoms with Gasteiger partial charge in [0.15, 0.2) is 0 Å². The minimum absolute atomic E-state index is 0.188. The van der Waals surface area contributed by atoms with E-state index in [2.05, 4.69) is 0 Å². The molecule has 2 rings (SSSR count). The van der Waals surface area contributed by atoms with E-state index in [-0.39, 0.29) is 11.6 Å². The van der Waals surface area contributed by atoms with Gasteiger partial charge in [0.1, 0.15) is 17.3 Å². The number of nitrogens with zero attached hydrogens (tertiary/aromatic N) is 1. The van der Waals surface area contributed by atoms with Gasteiger partial charge < -0.3 is 14.7 Å². The van der Waals surface area contributed by atoms with Crippen molar-refractivity contribution in [3.63, 3.8) is 0 Å². The smallest absolute Gasteiger partial charge is 0.124 e. The van der Waals surface area contributed by atoms with Gasteiger partial charge in [0.2, 0.25) is 0 Å². The largest absolute Gasteiger partial charge is 0.507 e. The van der Waals surface area contributed by atoms with Crippen LogP contribution in [-0.4, -0.2) is 19.3 Å². The molecule has 0 fully saturated rings. The Kier molecular flexibility index (Phi) is 3.90. The first kappa shape index (κ1) is 13.2. The highest BCUT2D eigenvalue weighted by Gasteiger charge is 2.07. The first-order valence-electron chi connectivity index (χ1n) is 5.92. The summed E-state index contributed by atoms with van der Waals surface area (Å²) in [6, 6.07) is 11.4. The molecular formula is C15H16FNO2. The quantitative estimate of drug-likeness (QED) is 0.917. The third kappa shape index (κ3) is 3.16. The summed E-state index contributed by atoms with van der Waals surface area (Å²) in [6.07, 6.45) is 0. The van der Waals surface area contributed by atoms with Gasteiger partial charge in [-0.25, -0.2) is 4.39 Å². The van der Waals surface area contributed by atoms with Gasteiger partial charge in [-0.2, -0.15) is 0 Å². The molecule has 0 amide bonds. The number of ether oxygens (including phenoxy) is 1. The van der Waals surface area contributed by atoms with E-state index in [0.29, 0.717) is 12.3 Å². The zero-order valence-electron chi connectivity index (χ0n) is 10.9. The van der Waals surface area contributed by atoms with E-state index in [0.717, 1.165) is 11.3 Å². The Morgan fingerprint density at radius 2 is 1.84 bits per heavy atom. The van der Waals surface area contributed by atoms with Crippen LogP contribution < -0.4 is 9.64 Å². The van der Waals surface area contributed by atoms with Gasteiger partial charge in [-0.3, -0.25) is 0 Å². The van der Waals surface area contributed by atoms with Crippen molar-refractivity contribution in [2.75, 3.05) is 19.1 Å². The number of phenols is 1. The van der Waals surface area contributed by atoms with Gasteiger partial charge in [0.25, 0.3) is 0 Å². The number of hydrogen-bond acceptors (Lipinski definition) is 3. The van der Waals surface area contributed by atoms with Gasteiger partial charge in [0.05, 0.1) is 7.11 Å². The maximum Gasteiger partial charge on any atom is 0.124 e. The fourth-order valence-electron chi connectivity index (χ4n) is 1.85. The van der Waals surface area contributed by atoms with Crippen molar-refractivity contribution in [1.29, 1.82) is 0 Å². The summed E-state index contributed by atoms with van der Waals surface area (Å²) in [5.41, 5.74) is 1.67. The SMILES string of the molecule is COc1ccc(CN(C)c2ccc(F)cc2)c(O)c1. The number of methoxy groups -OCH3 is 1. The van der Waals surface area contributed by atoms with Gasteiger partial charge in [0, 0.05) is 30.9 Å². The molecule has 3 nitrogen and oxygen atoms in total. The first-order valence-corrected chi connectivity index (χ1v) is 5.92. The van der Waals surface area contributed by atoms with Gasteiger partial charge >= 0.3 is 0 Å². The molecule has 0 saturated carbocycles. The Balaban J connectivity index is 2.14. The van der Waals surface area contributed by atoms with E-state index in [1.54, 1.807) is 31.4 Å². The van der Waals surface area contributed by atoms with Crippen LogP contribution in [0.5, 0.6) is 11.5 Å². The van der Waals surface area contributed by atoms with E-state index in [1.807, 2.05) is 18.0 Å². The monoisotopic (exact) mass is 261 g/mol. The molecule has 0 radical (unpaired) electrons. The van der Waals surface area contributed by atoms with Crippen LogP contribution in [0.25, 0.3) is 0 Å². The highest BCUT2D eigenvalue weighted by molar-refractivity contribution is 5.48. The molecule has 2 aromatic rings. The van der Waals surface area contributed by atoms with E-state index >= 15 is 0 Å². The zero-order valence-corrected chi connectivity index (χ0v) is 10.9. The summed E-state index contributed by atoms with van der Waals surface area (Å²) in [5, 5.41) is 9.90. The molecule has 0 saturated heterocycles. The van der Waals surface area contributed by atoms with Crippen molar-refractivity contribution in [1.82, 2.24) is 0 Å². The van der Waals surface area contributed by atoms with E-state index in [4.69, 9.17) is 4.74 Å². The number of benzene rings is 2. The second-order valence-electron chi connectivity index (χ2n) is 4.33. The lowest BCUT2D eigenvalue weighted by Gasteiger charge is -2.20. The summed E-state index contributed by atoms with van der Waals surface area (Å²) in [6.45, 7) is 0.529.